The Morgan fingerprint density at radius 1 is 0.960 bits per heavy atom. The summed E-state index contributed by atoms with van der Waals surface area (Å²) in [4.78, 5) is 4.10. The van der Waals surface area contributed by atoms with Crippen molar-refractivity contribution in [2.45, 2.75) is 19.5 Å². The molecule has 0 aliphatic rings. The number of rotatable bonds is 5. The van der Waals surface area contributed by atoms with Gasteiger partial charge in [0.2, 0.25) is 0 Å². The minimum Gasteiger partial charge on any atom is -0.333 e. The third-order valence-electron chi connectivity index (χ3n) is 4.31. The minimum absolute atomic E-state index is 0.265. The van der Waals surface area contributed by atoms with E-state index in [9.17, 15) is 0 Å². The Kier molecular flexibility index (Phi) is 4.12. The van der Waals surface area contributed by atoms with E-state index in [2.05, 4.69) is 69.3 Å². The number of hydrogen-bond donors (Lipinski definition) is 0. The van der Waals surface area contributed by atoms with Gasteiger partial charge in [-0.25, -0.2) is 9.67 Å². The molecular weight excluding hydrogens is 310 g/mol. The molecule has 1 atom stereocenters. The van der Waals surface area contributed by atoms with E-state index < -0.39 is 0 Å². The molecule has 0 unspecified atom stereocenters. The van der Waals surface area contributed by atoms with Gasteiger partial charge in [-0.3, -0.25) is 0 Å². The van der Waals surface area contributed by atoms with Gasteiger partial charge in [-0.15, -0.1) is 5.10 Å². The number of aromatic nitrogens is 5. The summed E-state index contributed by atoms with van der Waals surface area (Å²) in [6.45, 7) is 2.89. The lowest BCUT2D eigenvalue weighted by atomic mass is 9.98. The predicted octanol–water partition coefficient (Wildman–Crippen LogP) is 4.07. The monoisotopic (exact) mass is 329 g/mol. The van der Waals surface area contributed by atoms with Crippen molar-refractivity contribution in [3.8, 4) is 22.4 Å². The number of hydrogen-bond acceptors (Lipinski definition) is 3. The van der Waals surface area contributed by atoms with Crippen LogP contribution in [0.3, 0.4) is 0 Å². The first-order valence-electron chi connectivity index (χ1n) is 8.33. The summed E-state index contributed by atoms with van der Waals surface area (Å²) < 4.78 is 3.96. The zero-order valence-electron chi connectivity index (χ0n) is 14.0. The lowest BCUT2D eigenvalue weighted by Gasteiger charge is -2.12. The highest BCUT2D eigenvalue weighted by Crippen LogP contribution is 2.30. The van der Waals surface area contributed by atoms with E-state index in [4.69, 9.17) is 0 Å². The third-order valence-corrected chi connectivity index (χ3v) is 4.31. The van der Waals surface area contributed by atoms with E-state index in [1.54, 1.807) is 6.20 Å². The fourth-order valence-corrected chi connectivity index (χ4v) is 2.98. The van der Waals surface area contributed by atoms with Gasteiger partial charge in [0.05, 0.1) is 25.1 Å². The summed E-state index contributed by atoms with van der Waals surface area (Å²) in [5, 5.41) is 8.71. The summed E-state index contributed by atoms with van der Waals surface area (Å²) in [6.07, 6.45) is 7.59. The first kappa shape index (κ1) is 15.3. The highest BCUT2D eigenvalue weighted by molar-refractivity contribution is 5.81. The van der Waals surface area contributed by atoms with Crippen molar-refractivity contribution in [3.63, 3.8) is 0 Å². The molecule has 2 heterocycles. The van der Waals surface area contributed by atoms with E-state index >= 15 is 0 Å². The van der Waals surface area contributed by atoms with Crippen molar-refractivity contribution in [3.05, 3.63) is 79.5 Å². The van der Waals surface area contributed by atoms with Gasteiger partial charge >= 0.3 is 0 Å². The molecule has 25 heavy (non-hydrogen) atoms. The summed E-state index contributed by atoms with van der Waals surface area (Å²) >= 11 is 0. The molecule has 0 aliphatic carbocycles. The second-order valence-electron chi connectivity index (χ2n) is 6.10. The molecule has 0 N–H and O–H groups in total. The van der Waals surface area contributed by atoms with Gasteiger partial charge in [-0.2, -0.15) is 0 Å². The fourth-order valence-electron chi connectivity index (χ4n) is 2.98. The number of imidazole rings is 1. The van der Waals surface area contributed by atoms with Crippen molar-refractivity contribution in [2.24, 2.45) is 0 Å². The second-order valence-corrected chi connectivity index (χ2v) is 6.10. The lowest BCUT2D eigenvalue weighted by molar-refractivity contribution is 0.429. The highest BCUT2D eigenvalue weighted by Gasteiger charge is 2.12. The molecule has 4 aromatic rings. The Balaban J connectivity index is 1.63. The van der Waals surface area contributed by atoms with E-state index in [0.29, 0.717) is 0 Å². The van der Waals surface area contributed by atoms with Crippen LogP contribution in [-0.4, -0.2) is 24.5 Å². The van der Waals surface area contributed by atoms with Gasteiger partial charge in [0.25, 0.3) is 0 Å². The zero-order chi connectivity index (χ0) is 17.1. The van der Waals surface area contributed by atoms with Crippen molar-refractivity contribution in [1.29, 1.82) is 0 Å². The zero-order valence-corrected chi connectivity index (χ0v) is 14.0. The largest absolute Gasteiger partial charge is 0.333 e. The lowest BCUT2D eigenvalue weighted by Crippen LogP contribution is -2.12. The van der Waals surface area contributed by atoms with Crippen LogP contribution in [0.4, 0.5) is 0 Å². The molecule has 0 spiro atoms. The molecule has 124 valence electrons. The van der Waals surface area contributed by atoms with Crippen LogP contribution in [0.15, 0.2) is 79.5 Å². The molecule has 0 saturated carbocycles. The molecule has 2 aromatic carbocycles. The van der Waals surface area contributed by atoms with Crippen molar-refractivity contribution >= 4 is 0 Å². The van der Waals surface area contributed by atoms with Crippen LogP contribution < -0.4 is 0 Å². The Labute approximate surface area is 146 Å². The second kappa shape index (κ2) is 6.73. The van der Waals surface area contributed by atoms with Crippen LogP contribution in [0.1, 0.15) is 13.0 Å². The normalized spacial score (nSPS) is 12.2. The summed E-state index contributed by atoms with van der Waals surface area (Å²) in [7, 11) is 0. The Hall–Kier alpha value is -3.21. The van der Waals surface area contributed by atoms with Crippen LogP contribution in [0, 0.1) is 0 Å². The molecule has 5 nitrogen and oxygen atoms in total. The molecule has 0 amide bonds. The maximum absolute atomic E-state index is 4.40. The average Bonchev–Trinajstić information content (AvgIpc) is 3.34. The van der Waals surface area contributed by atoms with Gasteiger partial charge in [0.15, 0.2) is 0 Å². The molecule has 0 aliphatic heterocycles. The third kappa shape index (κ3) is 3.21. The van der Waals surface area contributed by atoms with Gasteiger partial charge < -0.3 is 4.57 Å². The van der Waals surface area contributed by atoms with Crippen LogP contribution >= 0.6 is 0 Å². The molecular formula is C20H19N5. The van der Waals surface area contributed by atoms with Crippen LogP contribution in [0.2, 0.25) is 0 Å². The molecule has 0 fully saturated rings. The summed E-state index contributed by atoms with van der Waals surface area (Å²) in [5.74, 6) is 0. The Morgan fingerprint density at radius 2 is 1.72 bits per heavy atom. The van der Waals surface area contributed by atoms with Gasteiger partial charge in [0, 0.05) is 18.0 Å². The maximum Gasteiger partial charge on any atom is 0.113 e. The van der Waals surface area contributed by atoms with Gasteiger partial charge in [-0.05, 0) is 18.1 Å². The number of nitrogens with zero attached hydrogens (tertiary/aromatic N) is 5. The topological polar surface area (TPSA) is 48.5 Å². The van der Waals surface area contributed by atoms with Crippen molar-refractivity contribution in [1.82, 2.24) is 24.5 Å². The maximum atomic E-state index is 4.40. The van der Waals surface area contributed by atoms with Crippen molar-refractivity contribution in [2.75, 3.05) is 0 Å². The summed E-state index contributed by atoms with van der Waals surface area (Å²) in [6, 6.07) is 18.9. The predicted molar refractivity (Wildman–Crippen MR) is 97.8 cm³/mol. The van der Waals surface area contributed by atoms with Gasteiger partial charge in [-0.1, -0.05) is 59.8 Å². The molecule has 2 aromatic heterocycles. The molecule has 0 saturated heterocycles. The van der Waals surface area contributed by atoms with E-state index in [-0.39, 0.29) is 6.04 Å². The first-order valence-corrected chi connectivity index (χ1v) is 8.33. The van der Waals surface area contributed by atoms with Crippen LogP contribution in [0.25, 0.3) is 22.4 Å². The van der Waals surface area contributed by atoms with E-state index in [1.165, 1.54) is 5.56 Å². The summed E-state index contributed by atoms with van der Waals surface area (Å²) in [5.41, 5.74) is 4.32. The fraction of sp³-hybridized carbons (Fsp3) is 0.150. The van der Waals surface area contributed by atoms with E-state index in [1.807, 2.05) is 35.5 Å². The standard InChI is InChI=1S/C20H19N5/c1-16(24-12-11-21-15-24)13-25-14-20(22-23-25)19-10-6-5-9-18(19)17-7-3-2-4-8-17/h2-12,14-16H,13H2,1H3/t16-/m1/s1. The first-order chi connectivity index (χ1) is 12.3. The van der Waals surface area contributed by atoms with E-state index in [0.717, 1.165) is 23.4 Å². The molecule has 0 bridgehead atoms. The van der Waals surface area contributed by atoms with Crippen LogP contribution in [0.5, 0.6) is 0 Å². The SMILES string of the molecule is C[C@H](Cn1cc(-c2ccccc2-c2ccccc2)nn1)n1ccnc1. The highest BCUT2D eigenvalue weighted by atomic mass is 15.4. The van der Waals surface area contributed by atoms with Gasteiger partial charge in [0.1, 0.15) is 5.69 Å². The number of benzene rings is 2. The Bertz CT molecular complexity index is 941. The van der Waals surface area contributed by atoms with Crippen molar-refractivity contribution < 1.29 is 0 Å². The minimum atomic E-state index is 0.265. The molecule has 0 radical (unpaired) electrons. The quantitative estimate of drug-likeness (QED) is 0.554. The molecule has 5 heteroatoms. The smallest absolute Gasteiger partial charge is 0.113 e. The van der Waals surface area contributed by atoms with Crippen LogP contribution in [-0.2, 0) is 6.54 Å². The average molecular weight is 329 g/mol. The Morgan fingerprint density at radius 3 is 2.48 bits per heavy atom. The molecule has 4 rings (SSSR count).